The van der Waals surface area contributed by atoms with Crippen molar-refractivity contribution in [1.29, 1.82) is 0 Å². The first-order chi connectivity index (χ1) is 10.7. The van der Waals surface area contributed by atoms with E-state index in [1.54, 1.807) is 0 Å². The first kappa shape index (κ1) is 15.1. The molecular weight excluding hydrogens is 276 g/mol. The zero-order valence-corrected chi connectivity index (χ0v) is 13.6. The molecule has 0 atom stereocenters. The molecule has 0 aromatic carbocycles. The van der Waals surface area contributed by atoms with Crippen molar-refractivity contribution in [2.24, 2.45) is 10.9 Å². The van der Waals surface area contributed by atoms with Gasteiger partial charge in [-0.05, 0) is 43.2 Å². The number of hydrogen-bond donors (Lipinski definition) is 1. The molecule has 1 aliphatic carbocycles. The van der Waals surface area contributed by atoms with Gasteiger partial charge in [-0.2, -0.15) is 0 Å². The van der Waals surface area contributed by atoms with Crippen LogP contribution in [0.25, 0.3) is 0 Å². The number of hydrogen-bond acceptors (Lipinski definition) is 5. The van der Waals surface area contributed by atoms with Gasteiger partial charge in [0.2, 0.25) is 5.88 Å². The number of guanidine groups is 1. The van der Waals surface area contributed by atoms with E-state index >= 15 is 0 Å². The van der Waals surface area contributed by atoms with E-state index in [1.807, 2.05) is 18.3 Å². The van der Waals surface area contributed by atoms with Crippen LogP contribution < -0.4 is 10.1 Å². The van der Waals surface area contributed by atoms with Gasteiger partial charge in [-0.15, -0.1) is 0 Å². The highest BCUT2D eigenvalue weighted by atomic mass is 16.5. The van der Waals surface area contributed by atoms with Crippen LogP contribution in [0.15, 0.2) is 23.3 Å². The topological polar surface area (TPSA) is 49.8 Å². The summed E-state index contributed by atoms with van der Waals surface area (Å²) in [5.41, 5.74) is 1.18. The minimum Gasteiger partial charge on any atom is -0.474 e. The molecule has 1 fully saturated rings. The molecule has 120 valence electrons. The molecule has 0 saturated heterocycles. The van der Waals surface area contributed by atoms with E-state index in [0.29, 0.717) is 6.10 Å². The Balaban J connectivity index is 1.53. The molecule has 1 saturated carbocycles. The number of rotatable bonds is 4. The van der Waals surface area contributed by atoms with Gasteiger partial charge in [-0.1, -0.05) is 6.92 Å². The Labute approximate surface area is 132 Å². The lowest BCUT2D eigenvalue weighted by molar-refractivity contribution is 0.130. The Bertz CT molecular complexity index is 523. The van der Waals surface area contributed by atoms with Crippen LogP contribution in [0.3, 0.4) is 0 Å². The fraction of sp³-hybridized carbons (Fsp3) is 0.647. The molecule has 22 heavy (non-hydrogen) atoms. The molecule has 2 aliphatic rings. The third kappa shape index (κ3) is 3.90. The average Bonchev–Trinajstić information content (AvgIpc) is 2.93. The molecule has 5 nitrogen and oxygen atoms in total. The molecule has 2 heterocycles. The standard InChI is InChI=1S/C17H26N4O/c1-13-3-5-15(6-4-13)22-16-11-14(7-8-18-16)12-20-17-19-9-10-21(17)2/h7-8,11,13,15H,3-6,9-10,12H2,1-2H3,(H,19,20). The molecule has 0 unspecified atom stereocenters. The average molecular weight is 302 g/mol. The number of aromatic nitrogens is 1. The van der Waals surface area contributed by atoms with Crippen LogP contribution >= 0.6 is 0 Å². The Morgan fingerprint density at radius 3 is 2.86 bits per heavy atom. The molecule has 1 aromatic heterocycles. The quantitative estimate of drug-likeness (QED) is 0.928. The van der Waals surface area contributed by atoms with Gasteiger partial charge in [0.1, 0.15) is 6.10 Å². The number of likely N-dealkylation sites (N-methyl/N-ethyl adjacent to an activating group) is 1. The van der Waals surface area contributed by atoms with E-state index in [-0.39, 0.29) is 0 Å². The Morgan fingerprint density at radius 2 is 2.14 bits per heavy atom. The van der Waals surface area contributed by atoms with Crippen LogP contribution in [-0.2, 0) is 6.54 Å². The zero-order chi connectivity index (χ0) is 15.4. The summed E-state index contributed by atoms with van der Waals surface area (Å²) in [5.74, 6) is 2.56. The zero-order valence-electron chi connectivity index (χ0n) is 13.6. The van der Waals surface area contributed by atoms with Gasteiger partial charge in [0, 0.05) is 32.4 Å². The molecule has 1 aliphatic heterocycles. The maximum absolute atomic E-state index is 6.06. The van der Waals surface area contributed by atoms with Crippen molar-refractivity contribution in [3.63, 3.8) is 0 Å². The van der Waals surface area contributed by atoms with Crippen LogP contribution in [0.1, 0.15) is 38.2 Å². The smallest absolute Gasteiger partial charge is 0.213 e. The maximum Gasteiger partial charge on any atom is 0.213 e. The predicted octanol–water partition coefficient (Wildman–Crippen LogP) is 2.43. The van der Waals surface area contributed by atoms with E-state index in [4.69, 9.17) is 4.74 Å². The second-order valence-corrected chi connectivity index (χ2v) is 6.48. The minimum absolute atomic E-state index is 0.331. The summed E-state index contributed by atoms with van der Waals surface area (Å²) in [6, 6.07) is 4.07. The lowest BCUT2D eigenvalue weighted by atomic mass is 9.89. The summed E-state index contributed by atoms with van der Waals surface area (Å²) in [4.78, 5) is 10.9. The highest BCUT2D eigenvalue weighted by Crippen LogP contribution is 2.26. The molecule has 3 rings (SSSR count). The van der Waals surface area contributed by atoms with E-state index < -0.39 is 0 Å². The molecule has 0 radical (unpaired) electrons. The Kier molecular flexibility index (Phi) is 4.80. The van der Waals surface area contributed by atoms with Gasteiger partial charge in [0.05, 0.1) is 6.54 Å². The monoisotopic (exact) mass is 302 g/mol. The van der Waals surface area contributed by atoms with Crippen molar-refractivity contribution in [3.05, 3.63) is 23.9 Å². The number of nitrogens with one attached hydrogen (secondary N) is 1. The lowest BCUT2D eigenvalue weighted by Gasteiger charge is -2.26. The molecule has 5 heteroatoms. The fourth-order valence-electron chi connectivity index (χ4n) is 3.05. The predicted molar refractivity (Wildman–Crippen MR) is 88.1 cm³/mol. The molecule has 1 aromatic rings. The third-order valence-electron chi connectivity index (χ3n) is 4.56. The van der Waals surface area contributed by atoms with Gasteiger partial charge >= 0.3 is 0 Å². The molecular formula is C17H26N4O. The van der Waals surface area contributed by atoms with Crippen LogP contribution in [0, 0.1) is 5.92 Å². The second kappa shape index (κ2) is 6.99. The SMILES string of the molecule is CC1CCC(Oc2cc(CNC3=NCCN3C)ccn2)CC1. The van der Waals surface area contributed by atoms with E-state index in [9.17, 15) is 0 Å². The molecule has 0 spiro atoms. The summed E-state index contributed by atoms with van der Waals surface area (Å²) >= 11 is 0. The van der Waals surface area contributed by atoms with Crippen molar-refractivity contribution in [1.82, 2.24) is 15.2 Å². The number of aliphatic imine (C=N–C) groups is 1. The minimum atomic E-state index is 0.331. The van der Waals surface area contributed by atoms with Gasteiger partial charge < -0.3 is 15.0 Å². The van der Waals surface area contributed by atoms with E-state index in [0.717, 1.165) is 50.2 Å². The van der Waals surface area contributed by atoms with Crippen LogP contribution in [0.2, 0.25) is 0 Å². The Hall–Kier alpha value is -1.78. The summed E-state index contributed by atoms with van der Waals surface area (Å²) in [6.45, 7) is 4.95. The van der Waals surface area contributed by atoms with Crippen molar-refractivity contribution in [3.8, 4) is 5.88 Å². The van der Waals surface area contributed by atoms with Crippen LogP contribution in [0.4, 0.5) is 0 Å². The number of ether oxygens (including phenoxy) is 1. The third-order valence-corrected chi connectivity index (χ3v) is 4.56. The molecule has 0 amide bonds. The summed E-state index contributed by atoms with van der Waals surface area (Å²) in [6.07, 6.45) is 6.98. The highest BCUT2D eigenvalue weighted by Gasteiger charge is 2.20. The molecule has 1 N–H and O–H groups in total. The van der Waals surface area contributed by atoms with Crippen molar-refractivity contribution in [2.45, 2.75) is 45.3 Å². The van der Waals surface area contributed by atoms with Crippen molar-refractivity contribution in [2.75, 3.05) is 20.1 Å². The van der Waals surface area contributed by atoms with E-state index in [1.165, 1.54) is 18.4 Å². The fourth-order valence-corrected chi connectivity index (χ4v) is 3.05. The van der Waals surface area contributed by atoms with Gasteiger partial charge in [0.25, 0.3) is 0 Å². The summed E-state index contributed by atoms with van der Waals surface area (Å²) in [7, 11) is 2.06. The van der Waals surface area contributed by atoms with Gasteiger partial charge in [0.15, 0.2) is 5.96 Å². The van der Waals surface area contributed by atoms with E-state index in [2.05, 4.69) is 34.2 Å². The summed E-state index contributed by atoms with van der Waals surface area (Å²) in [5, 5.41) is 3.38. The lowest BCUT2D eigenvalue weighted by Crippen LogP contribution is -2.35. The second-order valence-electron chi connectivity index (χ2n) is 6.48. The highest BCUT2D eigenvalue weighted by molar-refractivity contribution is 5.81. The first-order valence-corrected chi connectivity index (χ1v) is 8.32. The number of nitrogens with zero attached hydrogens (tertiary/aromatic N) is 3. The Morgan fingerprint density at radius 1 is 1.32 bits per heavy atom. The van der Waals surface area contributed by atoms with Crippen molar-refractivity contribution >= 4 is 5.96 Å². The summed E-state index contributed by atoms with van der Waals surface area (Å²) < 4.78 is 6.06. The number of pyridine rings is 1. The van der Waals surface area contributed by atoms with Crippen molar-refractivity contribution < 1.29 is 4.74 Å². The van der Waals surface area contributed by atoms with Gasteiger partial charge in [-0.25, -0.2) is 4.98 Å². The maximum atomic E-state index is 6.06. The largest absolute Gasteiger partial charge is 0.474 e. The van der Waals surface area contributed by atoms with Gasteiger partial charge in [-0.3, -0.25) is 4.99 Å². The van der Waals surface area contributed by atoms with Crippen LogP contribution in [0.5, 0.6) is 5.88 Å². The first-order valence-electron chi connectivity index (χ1n) is 8.32. The normalized spacial score (nSPS) is 25.0. The molecule has 0 bridgehead atoms. The van der Waals surface area contributed by atoms with Crippen LogP contribution in [-0.4, -0.2) is 42.1 Å².